The van der Waals surface area contributed by atoms with Crippen molar-refractivity contribution < 1.29 is 66.3 Å². The van der Waals surface area contributed by atoms with Crippen molar-refractivity contribution in [3.05, 3.63) is 50.6 Å². The molecular formula is C30H60BrK2N2O3. The number of nitrogens with zero attached hydrogens (tertiary/aromatic N) is 1. The minimum atomic E-state index is -0.181. The van der Waals surface area contributed by atoms with Gasteiger partial charge >= 0.3 is 51.4 Å². The zero-order valence-electron chi connectivity index (χ0n) is 25.0. The van der Waals surface area contributed by atoms with Crippen LogP contribution in [0.15, 0.2) is 50.6 Å². The number of halogens is 1. The van der Waals surface area contributed by atoms with Crippen molar-refractivity contribution in [1.82, 2.24) is 10.2 Å². The summed E-state index contributed by atoms with van der Waals surface area (Å²) in [5.41, 5.74) is 0. The molecule has 0 bridgehead atoms. The van der Waals surface area contributed by atoms with Crippen LogP contribution in [0.1, 0.15) is 98.3 Å². The Morgan fingerprint density at radius 1 is 0.763 bits per heavy atom. The molecular weight excluding hydrogens is 594 g/mol. The molecule has 8 heteroatoms. The Morgan fingerprint density at radius 2 is 1.13 bits per heavy atom. The topological polar surface area (TPSA) is 64.6 Å². The van der Waals surface area contributed by atoms with E-state index in [0.29, 0.717) is 0 Å². The molecule has 1 radical (unpaired) electrons. The van der Waals surface area contributed by atoms with E-state index in [0.717, 1.165) is 26.2 Å². The summed E-state index contributed by atoms with van der Waals surface area (Å²) in [6.45, 7) is 23.8. The summed E-state index contributed by atoms with van der Waals surface area (Å²) in [5, 5.41) is 12.7. The molecule has 0 aliphatic rings. The van der Waals surface area contributed by atoms with Crippen molar-refractivity contribution >= 4 is 73.8 Å². The molecule has 0 aromatic carbocycles. The van der Waals surface area contributed by atoms with Crippen LogP contribution in [0, 0.1) is 0 Å². The molecule has 0 atom stereocenters. The van der Waals surface area contributed by atoms with Crippen LogP contribution < -0.4 is 62.0 Å². The zero-order valence-corrected chi connectivity index (χ0v) is 32.8. The van der Waals surface area contributed by atoms with Crippen LogP contribution in [-0.2, 0) is 9.68 Å². The maximum atomic E-state index is 8.64. The summed E-state index contributed by atoms with van der Waals surface area (Å²) in [4.78, 5) is 13.6. The average molecular weight is 655 g/mol. The van der Waals surface area contributed by atoms with E-state index in [4.69, 9.17) is 10.1 Å². The van der Waals surface area contributed by atoms with E-state index in [2.05, 4.69) is 71.2 Å². The first-order valence-electron chi connectivity index (χ1n) is 13.2. The molecule has 0 heterocycles. The van der Waals surface area contributed by atoms with Gasteiger partial charge in [0.05, 0.1) is 0 Å². The van der Waals surface area contributed by atoms with Crippen molar-refractivity contribution in [3.63, 3.8) is 0 Å². The summed E-state index contributed by atoms with van der Waals surface area (Å²) in [6.07, 6.45) is 24.2. The van der Waals surface area contributed by atoms with Gasteiger partial charge in [-0.2, -0.15) is 0 Å². The van der Waals surface area contributed by atoms with E-state index in [1.807, 2.05) is 24.3 Å². The van der Waals surface area contributed by atoms with Crippen molar-refractivity contribution in [2.24, 2.45) is 0 Å². The number of unbranched alkanes of at least 4 members (excludes halogenated alkanes) is 10. The van der Waals surface area contributed by atoms with Crippen molar-refractivity contribution in [2.45, 2.75) is 98.3 Å². The maximum absolute atomic E-state index is 8.64. The molecule has 0 aliphatic heterocycles. The predicted octanol–water partition coefficient (Wildman–Crippen LogP) is 4.40. The summed E-state index contributed by atoms with van der Waals surface area (Å²) in [5.74, 6) is 0. The standard InChI is InChI=1S/C14H27N.C8H17Br.C6H11N.CH2O3.CH4.2K/c1-4-7-8-9-10-11-14-15(12-5-2)13-6-3;1-2-3-4-5-6-7-8-9;1-3-5-7-6-4-2;2-1-4-3;;;/h5-6H,2-4,7-14H2,1H3;2-8H2,1H3;3-4,7H,1-2,5-6H2;1,3H;1H4;;/q;;;;;;+1/p-1. The second-order valence-corrected chi connectivity index (χ2v) is 8.78. The Balaban J connectivity index is -0.0000000723. The fraction of sp³-hybridized carbons (Fsp3) is 0.700. The largest absolute Gasteiger partial charge is 1.00 e. The van der Waals surface area contributed by atoms with E-state index >= 15 is 0 Å². The predicted molar refractivity (Wildman–Crippen MR) is 170 cm³/mol. The molecule has 0 spiro atoms. The smallest absolute Gasteiger partial charge is 0.662 e. The molecule has 217 valence electrons. The first kappa shape index (κ1) is 55.9. The average Bonchev–Trinajstić information content (AvgIpc) is 2.87. The Hall–Kier alpha value is 2.06. The maximum Gasteiger partial charge on any atom is 1.00 e. The third-order valence-electron chi connectivity index (χ3n) is 4.71. The molecule has 0 saturated carbocycles. The SMILES string of the molecule is C.C=CCN(CC=C)CCCCCCCC.C=CCNCC=C.CCCCCCCCBr.O=CO[O-].[K+].[K]. The van der Waals surface area contributed by atoms with E-state index in [-0.39, 0.29) is 117 Å². The summed E-state index contributed by atoms with van der Waals surface area (Å²) < 4.78 is 0. The quantitative estimate of drug-likeness (QED) is 0.0357. The third kappa shape index (κ3) is 71.4. The number of nitrogens with one attached hydrogen (secondary N) is 1. The van der Waals surface area contributed by atoms with E-state index in [9.17, 15) is 0 Å². The fourth-order valence-electron chi connectivity index (χ4n) is 2.90. The van der Waals surface area contributed by atoms with Crippen LogP contribution in [0.4, 0.5) is 0 Å². The summed E-state index contributed by atoms with van der Waals surface area (Å²) >= 11 is 3.42. The van der Waals surface area contributed by atoms with Gasteiger partial charge in [0.2, 0.25) is 0 Å². The van der Waals surface area contributed by atoms with Gasteiger partial charge in [-0.3, -0.25) is 9.69 Å². The number of rotatable bonds is 22. The zero-order chi connectivity index (χ0) is 27.3. The van der Waals surface area contributed by atoms with Crippen molar-refractivity contribution in [2.75, 3.05) is 38.1 Å². The molecule has 0 aromatic rings. The van der Waals surface area contributed by atoms with Crippen molar-refractivity contribution in [3.8, 4) is 0 Å². The fourth-order valence-corrected chi connectivity index (χ4v) is 3.30. The van der Waals surface area contributed by atoms with Crippen LogP contribution in [0.2, 0.25) is 0 Å². The van der Waals surface area contributed by atoms with Crippen LogP contribution in [0.3, 0.4) is 0 Å². The molecule has 0 aromatic heterocycles. The molecule has 1 N–H and O–H groups in total. The van der Waals surface area contributed by atoms with Crippen LogP contribution in [-0.4, -0.2) is 101 Å². The number of hydrogen-bond donors (Lipinski definition) is 1. The normalized spacial score (nSPS) is 8.55. The van der Waals surface area contributed by atoms with Crippen LogP contribution in [0.25, 0.3) is 0 Å². The van der Waals surface area contributed by atoms with Gasteiger partial charge in [0.1, 0.15) is 0 Å². The number of hydrogen-bond acceptors (Lipinski definition) is 5. The first-order chi connectivity index (χ1) is 17.1. The summed E-state index contributed by atoms with van der Waals surface area (Å²) in [7, 11) is 0. The second kappa shape index (κ2) is 62.6. The Labute approximate surface area is 332 Å². The molecule has 0 fully saturated rings. The van der Waals surface area contributed by atoms with E-state index in [1.165, 1.54) is 88.9 Å². The van der Waals surface area contributed by atoms with E-state index < -0.39 is 0 Å². The molecule has 0 aliphatic carbocycles. The monoisotopic (exact) mass is 653 g/mol. The molecule has 0 rings (SSSR count). The number of carbonyl (C=O) groups excluding carboxylic acids is 1. The number of alkyl halides is 1. The molecule has 0 unspecified atom stereocenters. The minimum Gasteiger partial charge on any atom is -0.662 e. The van der Waals surface area contributed by atoms with Gasteiger partial charge in [0, 0.05) is 82.9 Å². The number of carbonyl (C=O) groups is 1. The van der Waals surface area contributed by atoms with Crippen molar-refractivity contribution in [1.29, 1.82) is 0 Å². The van der Waals surface area contributed by atoms with Gasteiger partial charge in [-0.1, -0.05) is 126 Å². The first-order valence-corrected chi connectivity index (χ1v) is 14.4. The molecule has 38 heavy (non-hydrogen) atoms. The van der Waals surface area contributed by atoms with Gasteiger partial charge < -0.3 is 15.5 Å². The van der Waals surface area contributed by atoms with Gasteiger partial charge in [0.15, 0.2) is 0 Å². The Kier molecular flexibility index (Phi) is 92.2. The van der Waals surface area contributed by atoms with Crippen LogP contribution in [0.5, 0.6) is 0 Å². The third-order valence-corrected chi connectivity index (χ3v) is 5.27. The second-order valence-electron chi connectivity index (χ2n) is 7.99. The Morgan fingerprint density at radius 3 is 1.45 bits per heavy atom. The molecule has 0 amide bonds. The minimum absolute atomic E-state index is 0. The van der Waals surface area contributed by atoms with Crippen LogP contribution >= 0.6 is 15.9 Å². The van der Waals surface area contributed by atoms with Gasteiger partial charge in [0.25, 0.3) is 6.47 Å². The summed E-state index contributed by atoms with van der Waals surface area (Å²) in [6, 6.07) is 0. The Bertz CT molecular complexity index is 408. The molecule has 0 saturated heterocycles. The molecule has 5 nitrogen and oxygen atoms in total. The van der Waals surface area contributed by atoms with E-state index in [1.54, 1.807) is 0 Å². The van der Waals surface area contributed by atoms with Gasteiger partial charge in [-0.05, 0) is 19.4 Å². The van der Waals surface area contributed by atoms with Gasteiger partial charge in [-0.15, -0.1) is 26.3 Å². The van der Waals surface area contributed by atoms with Gasteiger partial charge in [-0.25, -0.2) is 0 Å².